The number of rotatable bonds is 4. The molecule has 0 saturated heterocycles. The summed E-state index contributed by atoms with van der Waals surface area (Å²) in [7, 11) is -2.64. The fourth-order valence-electron chi connectivity index (χ4n) is 4.11. The minimum Gasteiger partial charge on any atom is -0.404 e. The molecule has 26 heavy (non-hydrogen) atoms. The third kappa shape index (κ3) is 3.64. The maximum atomic E-state index is 14.2. The van der Waals surface area contributed by atoms with Crippen LogP contribution in [0.3, 0.4) is 0 Å². The average molecular weight is 373 g/mol. The molecule has 2 aromatic rings. The van der Waals surface area contributed by atoms with Gasteiger partial charge in [0.25, 0.3) is 8.32 Å². The van der Waals surface area contributed by atoms with Crippen LogP contribution in [-0.4, -0.2) is 31.8 Å². The summed E-state index contributed by atoms with van der Waals surface area (Å²) in [4.78, 5) is 0. The zero-order valence-corrected chi connectivity index (χ0v) is 16.9. The third-order valence-electron chi connectivity index (χ3n) is 5.45. The lowest BCUT2D eigenvalue weighted by atomic mass is 9.94. The molecule has 1 N–H and O–H groups in total. The second kappa shape index (κ2) is 7.63. The number of aliphatic hydroxyl groups is 1. The molecule has 1 fully saturated rings. The van der Waals surface area contributed by atoms with Gasteiger partial charge in [0.15, 0.2) is 0 Å². The number of halogens is 1. The molecule has 0 spiro atoms. The predicted octanol–water partition coefficient (Wildman–Crippen LogP) is 3.81. The monoisotopic (exact) mass is 372 g/mol. The molecule has 0 heterocycles. The summed E-state index contributed by atoms with van der Waals surface area (Å²) < 4.78 is 21.1. The van der Waals surface area contributed by atoms with Gasteiger partial charge in [-0.1, -0.05) is 81.4 Å². The first-order chi connectivity index (χ1) is 12.3. The zero-order chi connectivity index (χ0) is 18.8. The first-order valence-corrected chi connectivity index (χ1v) is 11.4. The lowest BCUT2D eigenvalue weighted by Gasteiger charge is -2.46. The Labute approximate surface area is 157 Å². The van der Waals surface area contributed by atoms with Gasteiger partial charge in [-0.3, -0.25) is 0 Å². The van der Waals surface area contributed by atoms with Crippen molar-refractivity contribution in [1.82, 2.24) is 0 Å². The van der Waals surface area contributed by atoms with E-state index in [4.69, 9.17) is 4.43 Å². The van der Waals surface area contributed by atoms with Crippen molar-refractivity contribution >= 4 is 18.7 Å². The lowest BCUT2D eigenvalue weighted by Crippen LogP contribution is -2.68. The van der Waals surface area contributed by atoms with Crippen molar-refractivity contribution in [3.8, 4) is 0 Å². The van der Waals surface area contributed by atoms with Crippen LogP contribution in [0.4, 0.5) is 4.39 Å². The van der Waals surface area contributed by atoms with Gasteiger partial charge in [-0.2, -0.15) is 0 Å². The van der Waals surface area contributed by atoms with Crippen molar-refractivity contribution < 1.29 is 13.9 Å². The van der Waals surface area contributed by atoms with Gasteiger partial charge in [0, 0.05) is 12.5 Å². The van der Waals surface area contributed by atoms with Crippen LogP contribution in [0.2, 0.25) is 5.04 Å². The molecule has 2 aromatic carbocycles. The molecule has 0 unspecified atom stereocenters. The Morgan fingerprint density at radius 3 is 1.85 bits per heavy atom. The van der Waals surface area contributed by atoms with Crippen LogP contribution >= 0.6 is 0 Å². The van der Waals surface area contributed by atoms with E-state index in [1.807, 2.05) is 12.1 Å². The van der Waals surface area contributed by atoms with Gasteiger partial charge in [-0.15, -0.1) is 0 Å². The molecule has 2 nitrogen and oxygen atoms in total. The Morgan fingerprint density at radius 1 is 0.923 bits per heavy atom. The van der Waals surface area contributed by atoms with E-state index in [0.29, 0.717) is 12.8 Å². The summed E-state index contributed by atoms with van der Waals surface area (Å²) in [5.74, 6) is 0. The average Bonchev–Trinajstić information content (AvgIpc) is 2.63. The van der Waals surface area contributed by atoms with Gasteiger partial charge in [-0.25, -0.2) is 4.39 Å². The second-order valence-corrected chi connectivity index (χ2v) is 12.6. The summed E-state index contributed by atoms with van der Waals surface area (Å²) in [5.41, 5.74) is 0. The summed E-state index contributed by atoms with van der Waals surface area (Å²) in [5, 5.41) is 12.1. The van der Waals surface area contributed by atoms with Crippen LogP contribution in [0.1, 0.15) is 40.0 Å². The Morgan fingerprint density at radius 2 is 1.42 bits per heavy atom. The molecule has 3 rings (SSSR count). The van der Waals surface area contributed by atoms with E-state index in [0.717, 1.165) is 0 Å². The Kier molecular flexibility index (Phi) is 5.66. The summed E-state index contributed by atoms with van der Waals surface area (Å²) in [6.45, 7) is 6.68. The molecular formula is C22H29FO2Si. The number of benzene rings is 2. The fraction of sp³-hybridized carbons (Fsp3) is 0.455. The van der Waals surface area contributed by atoms with Crippen molar-refractivity contribution in [2.24, 2.45) is 0 Å². The molecule has 0 amide bonds. The van der Waals surface area contributed by atoms with Crippen LogP contribution < -0.4 is 10.4 Å². The molecule has 4 heteroatoms. The highest BCUT2D eigenvalue weighted by molar-refractivity contribution is 6.99. The van der Waals surface area contributed by atoms with Gasteiger partial charge in [-0.05, 0) is 28.3 Å². The third-order valence-corrected chi connectivity index (χ3v) is 10.5. The number of aliphatic hydroxyl groups excluding tert-OH is 1. The fourth-order valence-corrected chi connectivity index (χ4v) is 8.84. The minimum absolute atomic E-state index is 0.114. The number of alkyl halides is 1. The van der Waals surface area contributed by atoms with E-state index in [-0.39, 0.29) is 17.6 Å². The first-order valence-electron chi connectivity index (χ1n) is 9.45. The van der Waals surface area contributed by atoms with E-state index < -0.39 is 20.6 Å². The maximum absolute atomic E-state index is 14.2. The van der Waals surface area contributed by atoms with E-state index in [1.54, 1.807) is 0 Å². The lowest BCUT2D eigenvalue weighted by molar-refractivity contribution is -0.00407. The predicted molar refractivity (Wildman–Crippen MR) is 107 cm³/mol. The molecule has 0 radical (unpaired) electrons. The summed E-state index contributed by atoms with van der Waals surface area (Å²) >= 11 is 0. The summed E-state index contributed by atoms with van der Waals surface area (Å²) in [6, 6.07) is 20.8. The van der Waals surface area contributed by atoms with Crippen molar-refractivity contribution in [3.05, 3.63) is 60.7 Å². The highest BCUT2D eigenvalue weighted by Crippen LogP contribution is 2.39. The molecule has 1 aliphatic carbocycles. The normalized spacial score (nSPS) is 24.4. The molecule has 0 bridgehead atoms. The van der Waals surface area contributed by atoms with E-state index in [9.17, 15) is 9.50 Å². The molecule has 3 atom stereocenters. The number of hydrogen-bond acceptors (Lipinski definition) is 2. The first kappa shape index (κ1) is 19.3. The molecule has 140 valence electrons. The minimum atomic E-state index is -2.64. The highest BCUT2D eigenvalue weighted by Gasteiger charge is 2.52. The van der Waals surface area contributed by atoms with Crippen LogP contribution in [0.5, 0.6) is 0 Å². The SMILES string of the molecule is CC(C)(C)[Si](O[C@@H]1CC[C@@H](O)[C@H](F)C1)(c1ccccc1)c1ccccc1. The van der Waals surface area contributed by atoms with Gasteiger partial charge < -0.3 is 9.53 Å². The van der Waals surface area contributed by atoms with Gasteiger partial charge in [0.1, 0.15) is 6.17 Å². The summed E-state index contributed by atoms with van der Waals surface area (Å²) in [6.07, 6.45) is -0.789. The Hall–Kier alpha value is -1.49. The van der Waals surface area contributed by atoms with Gasteiger partial charge in [0.05, 0.1) is 6.10 Å². The van der Waals surface area contributed by atoms with E-state index in [2.05, 4.69) is 69.3 Å². The van der Waals surface area contributed by atoms with Crippen LogP contribution in [0, 0.1) is 0 Å². The molecular weight excluding hydrogens is 343 g/mol. The van der Waals surface area contributed by atoms with Crippen molar-refractivity contribution in [1.29, 1.82) is 0 Å². The van der Waals surface area contributed by atoms with Gasteiger partial charge in [0.2, 0.25) is 0 Å². The molecule has 1 saturated carbocycles. The van der Waals surface area contributed by atoms with Crippen LogP contribution in [-0.2, 0) is 4.43 Å². The smallest absolute Gasteiger partial charge is 0.261 e. The van der Waals surface area contributed by atoms with Gasteiger partial charge >= 0.3 is 0 Å². The van der Waals surface area contributed by atoms with E-state index >= 15 is 0 Å². The molecule has 1 aliphatic rings. The van der Waals surface area contributed by atoms with Crippen molar-refractivity contribution in [2.45, 2.75) is 63.5 Å². The standard InChI is InChI=1S/C22H29FO2Si/c1-22(2,3)26(18-10-6-4-7-11-18,19-12-8-5-9-13-19)25-17-14-15-21(24)20(23)16-17/h4-13,17,20-21,24H,14-16H2,1-3H3/t17-,20-,21-/m1/s1. The van der Waals surface area contributed by atoms with Crippen molar-refractivity contribution in [3.63, 3.8) is 0 Å². The number of hydrogen-bond donors (Lipinski definition) is 1. The quantitative estimate of drug-likeness (QED) is 0.827. The topological polar surface area (TPSA) is 29.5 Å². The molecule has 0 aromatic heterocycles. The second-order valence-electron chi connectivity index (χ2n) is 8.30. The van der Waals surface area contributed by atoms with E-state index in [1.165, 1.54) is 10.4 Å². The zero-order valence-electron chi connectivity index (χ0n) is 15.9. The highest BCUT2D eigenvalue weighted by atomic mass is 28.4. The van der Waals surface area contributed by atoms with Crippen molar-refractivity contribution in [2.75, 3.05) is 0 Å². The maximum Gasteiger partial charge on any atom is 0.261 e. The molecule has 0 aliphatic heterocycles. The Bertz CT molecular complexity index is 660. The Balaban J connectivity index is 2.09. The largest absolute Gasteiger partial charge is 0.404 e. The van der Waals surface area contributed by atoms with Crippen LogP contribution in [0.25, 0.3) is 0 Å². The van der Waals surface area contributed by atoms with Crippen LogP contribution in [0.15, 0.2) is 60.7 Å².